The van der Waals surface area contributed by atoms with Gasteiger partial charge in [0, 0.05) is 5.54 Å². The summed E-state index contributed by atoms with van der Waals surface area (Å²) < 4.78 is 0. The molecule has 2 saturated carbocycles. The minimum Gasteiger partial charge on any atom is -0.388 e. The molecule has 2 aliphatic carbocycles. The second-order valence-corrected chi connectivity index (χ2v) is 5.21. The molecule has 0 radical (unpaired) electrons. The van der Waals surface area contributed by atoms with Gasteiger partial charge in [0.05, 0.1) is 5.60 Å². The fourth-order valence-corrected chi connectivity index (χ4v) is 2.48. The average Bonchev–Trinajstić information content (AvgIpc) is 2.43. The van der Waals surface area contributed by atoms with E-state index < -0.39 is 5.60 Å². The Labute approximate surface area is 67.8 Å². The van der Waals surface area contributed by atoms with Crippen LogP contribution in [0.4, 0.5) is 0 Å². The zero-order chi connectivity index (χ0) is 8.33. The van der Waals surface area contributed by atoms with Crippen molar-refractivity contribution >= 4 is 0 Å². The van der Waals surface area contributed by atoms with E-state index in [1.165, 1.54) is 0 Å². The van der Waals surface area contributed by atoms with Crippen LogP contribution in [0.2, 0.25) is 0 Å². The minimum atomic E-state index is -0.517. The molecule has 11 heavy (non-hydrogen) atoms. The lowest BCUT2D eigenvalue weighted by Gasteiger charge is -2.53. The van der Waals surface area contributed by atoms with Gasteiger partial charge in [-0.25, -0.2) is 0 Å². The smallest absolute Gasteiger partial charge is 0.0836 e. The predicted octanol–water partition coefficient (Wildman–Crippen LogP) is 1.03. The second kappa shape index (κ2) is 1.64. The van der Waals surface area contributed by atoms with Crippen molar-refractivity contribution in [3.05, 3.63) is 0 Å². The number of hydrogen-bond acceptors (Lipinski definition) is 2. The van der Waals surface area contributed by atoms with Gasteiger partial charge in [0.25, 0.3) is 0 Å². The third kappa shape index (κ3) is 0.926. The lowest BCUT2D eigenvalue weighted by atomic mass is 9.58. The summed E-state index contributed by atoms with van der Waals surface area (Å²) in [5.74, 6) is 0. The minimum absolute atomic E-state index is 0.206. The third-order valence-electron chi connectivity index (χ3n) is 3.26. The van der Waals surface area contributed by atoms with E-state index in [0.717, 1.165) is 25.7 Å². The highest BCUT2D eigenvalue weighted by molar-refractivity contribution is 5.20. The molecule has 0 spiro atoms. The molecule has 0 aromatic rings. The quantitative estimate of drug-likeness (QED) is 0.594. The SMILES string of the molecule is CC1(C)CC(O)(C2(N)CC2)C1. The summed E-state index contributed by atoms with van der Waals surface area (Å²) >= 11 is 0. The van der Waals surface area contributed by atoms with Gasteiger partial charge in [0.15, 0.2) is 0 Å². The van der Waals surface area contributed by atoms with Crippen LogP contribution >= 0.6 is 0 Å². The molecule has 0 amide bonds. The first kappa shape index (κ1) is 7.56. The Balaban J connectivity index is 2.06. The second-order valence-electron chi connectivity index (χ2n) is 5.21. The highest BCUT2D eigenvalue weighted by Gasteiger charge is 2.63. The summed E-state index contributed by atoms with van der Waals surface area (Å²) in [6.45, 7) is 4.38. The third-order valence-corrected chi connectivity index (χ3v) is 3.26. The molecular weight excluding hydrogens is 138 g/mol. The lowest BCUT2D eigenvalue weighted by Crippen LogP contribution is -2.61. The fraction of sp³-hybridized carbons (Fsp3) is 1.00. The average molecular weight is 155 g/mol. The first-order valence-electron chi connectivity index (χ1n) is 4.38. The molecule has 0 bridgehead atoms. The Morgan fingerprint density at radius 2 is 1.64 bits per heavy atom. The van der Waals surface area contributed by atoms with Crippen LogP contribution < -0.4 is 5.73 Å². The number of rotatable bonds is 1. The van der Waals surface area contributed by atoms with Gasteiger partial charge in [-0.3, -0.25) is 0 Å². The van der Waals surface area contributed by atoms with Crippen LogP contribution in [-0.2, 0) is 0 Å². The van der Waals surface area contributed by atoms with E-state index in [1.54, 1.807) is 0 Å². The molecule has 3 N–H and O–H groups in total. The van der Waals surface area contributed by atoms with Gasteiger partial charge in [0.2, 0.25) is 0 Å². The normalized spacial score (nSPS) is 36.0. The number of nitrogens with two attached hydrogens (primary N) is 1. The number of hydrogen-bond donors (Lipinski definition) is 2. The molecule has 0 atom stereocenters. The maximum Gasteiger partial charge on any atom is 0.0836 e. The molecule has 64 valence electrons. The van der Waals surface area contributed by atoms with Crippen LogP contribution in [0.3, 0.4) is 0 Å². The molecule has 2 heteroatoms. The number of aliphatic hydroxyl groups is 1. The van der Waals surface area contributed by atoms with Crippen molar-refractivity contribution in [1.29, 1.82) is 0 Å². The van der Waals surface area contributed by atoms with E-state index in [1.807, 2.05) is 0 Å². The molecular formula is C9H17NO. The molecule has 0 aliphatic heterocycles. The zero-order valence-corrected chi connectivity index (χ0v) is 7.35. The van der Waals surface area contributed by atoms with Crippen LogP contribution in [0, 0.1) is 5.41 Å². The molecule has 2 nitrogen and oxygen atoms in total. The molecule has 0 heterocycles. The maximum atomic E-state index is 10.0. The van der Waals surface area contributed by atoms with Crippen LogP contribution in [0.15, 0.2) is 0 Å². The van der Waals surface area contributed by atoms with Gasteiger partial charge in [-0.15, -0.1) is 0 Å². The van der Waals surface area contributed by atoms with Crippen molar-refractivity contribution in [1.82, 2.24) is 0 Å². The van der Waals surface area contributed by atoms with Gasteiger partial charge < -0.3 is 10.8 Å². The van der Waals surface area contributed by atoms with E-state index in [0.29, 0.717) is 5.41 Å². The van der Waals surface area contributed by atoms with Gasteiger partial charge in [-0.2, -0.15) is 0 Å². The van der Waals surface area contributed by atoms with E-state index in [9.17, 15) is 5.11 Å². The van der Waals surface area contributed by atoms with Crippen molar-refractivity contribution in [2.75, 3.05) is 0 Å². The molecule has 2 fully saturated rings. The van der Waals surface area contributed by atoms with Crippen molar-refractivity contribution in [2.45, 2.75) is 50.7 Å². The van der Waals surface area contributed by atoms with Gasteiger partial charge in [-0.05, 0) is 31.1 Å². The predicted molar refractivity (Wildman–Crippen MR) is 44.1 cm³/mol. The zero-order valence-electron chi connectivity index (χ0n) is 7.35. The van der Waals surface area contributed by atoms with Crippen molar-refractivity contribution in [2.24, 2.45) is 11.1 Å². The van der Waals surface area contributed by atoms with Crippen molar-refractivity contribution < 1.29 is 5.11 Å². The van der Waals surface area contributed by atoms with Crippen molar-refractivity contribution in [3.8, 4) is 0 Å². The molecule has 2 aliphatic rings. The maximum absolute atomic E-state index is 10.0. The topological polar surface area (TPSA) is 46.2 Å². The Morgan fingerprint density at radius 1 is 1.18 bits per heavy atom. The fourth-order valence-electron chi connectivity index (χ4n) is 2.48. The lowest BCUT2D eigenvalue weighted by molar-refractivity contribution is -0.135. The van der Waals surface area contributed by atoms with Crippen LogP contribution in [-0.4, -0.2) is 16.2 Å². The molecule has 2 rings (SSSR count). The van der Waals surface area contributed by atoms with E-state index >= 15 is 0 Å². The summed E-state index contributed by atoms with van der Waals surface area (Å²) in [6, 6.07) is 0. The highest BCUT2D eigenvalue weighted by atomic mass is 16.3. The van der Waals surface area contributed by atoms with E-state index in [2.05, 4.69) is 13.8 Å². The van der Waals surface area contributed by atoms with Crippen LogP contribution in [0.1, 0.15) is 39.5 Å². The first-order chi connectivity index (χ1) is 4.87. The van der Waals surface area contributed by atoms with Gasteiger partial charge in [-0.1, -0.05) is 13.8 Å². The summed E-state index contributed by atoms with van der Waals surface area (Å²) in [4.78, 5) is 0. The standard InChI is InChI=1S/C9H17NO/c1-7(2)5-9(11,6-7)8(10)3-4-8/h11H,3-6,10H2,1-2H3. The highest BCUT2D eigenvalue weighted by Crippen LogP contribution is 2.59. The summed E-state index contributed by atoms with van der Waals surface area (Å²) in [5, 5.41) is 10.0. The monoisotopic (exact) mass is 155 g/mol. The van der Waals surface area contributed by atoms with Gasteiger partial charge in [0.1, 0.15) is 0 Å². The molecule has 0 aromatic heterocycles. The van der Waals surface area contributed by atoms with Gasteiger partial charge >= 0.3 is 0 Å². The molecule has 0 aromatic carbocycles. The largest absolute Gasteiger partial charge is 0.388 e. The summed E-state index contributed by atoms with van der Waals surface area (Å²) in [6.07, 6.45) is 3.80. The Morgan fingerprint density at radius 3 is 1.91 bits per heavy atom. The summed E-state index contributed by atoms with van der Waals surface area (Å²) in [7, 11) is 0. The van der Waals surface area contributed by atoms with Crippen LogP contribution in [0.5, 0.6) is 0 Å². The Bertz CT molecular complexity index is 186. The van der Waals surface area contributed by atoms with E-state index in [4.69, 9.17) is 5.73 Å². The molecule has 0 saturated heterocycles. The van der Waals surface area contributed by atoms with E-state index in [-0.39, 0.29) is 5.54 Å². The van der Waals surface area contributed by atoms with Crippen molar-refractivity contribution in [3.63, 3.8) is 0 Å². The molecule has 0 unspecified atom stereocenters. The van der Waals surface area contributed by atoms with Crippen LogP contribution in [0.25, 0.3) is 0 Å². The Hall–Kier alpha value is -0.0800. The summed E-state index contributed by atoms with van der Waals surface area (Å²) in [5.41, 5.74) is 5.56. The Kier molecular flexibility index (Phi) is 1.13. The first-order valence-corrected chi connectivity index (χ1v) is 4.38.